The highest BCUT2D eigenvalue weighted by atomic mass is 16.4. The SMILES string of the molecule is C=C(O)Cn1c(=O)c2cc3c(=O)n(CC(=O)O)c(=O)c3cc2c1=O. The van der Waals surface area contributed by atoms with Gasteiger partial charge in [0.15, 0.2) is 0 Å². The number of carbonyl (C=O) groups is 1. The van der Waals surface area contributed by atoms with E-state index in [9.17, 15) is 29.1 Å². The highest BCUT2D eigenvalue weighted by Crippen LogP contribution is 2.14. The number of fused-ring (bicyclic) bond motifs is 2. The molecule has 9 heteroatoms. The van der Waals surface area contributed by atoms with Crippen molar-refractivity contribution in [3.8, 4) is 0 Å². The summed E-state index contributed by atoms with van der Waals surface area (Å²) in [5, 5.41) is 17.5. The monoisotopic (exact) mass is 330 g/mol. The normalized spacial score (nSPS) is 11.3. The first-order chi connectivity index (χ1) is 11.2. The van der Waals surface area contributed by atoms with Gasteiger partial charge in [-0.1, -0.05) is 6.58 Å². The van der Waals surface area contributed by atoms with E-state index < -0.39 is 47.1 Å². The summed E-state index contributed by atoms with van der Waals surface area (Å²) in [7, 11) is 0. The van der Waals surface area contributed by atoms with Crippen molar-refractivity contribution in [3.63, 3.8) is 0 Å². The fraction of sp³-hybridized carbons (Fsp3) is 0.133. The molecule has 2 heterocycles. The van der Waals surface area contributed by atoms with E-state index in [4.69, 9.17) is 5.11 Å². The Kier molecular flexibility index (Phi) is 3.22. The van der Waals surface area contributed by atoms with Gasteiger partial charge in [-0.3, -0.25) is 33.1 Å². The molecule has 0 aliphatic rings. The van der Waals surface area contributed by atoms with Crippen LogP contribution in [0, 0.1) is 0 Å². The Morgan fingerprint density at radius 3 is 1.42 bits per heavy atom. The second-order valence-corrected chi connectivity index (χ2v) is 5.30. The molecule has 0 unspecified atom stereocenters. The van der Waals surface area contributed by atoms with Gasteiger partial charge in [0.25, 0.3) is 22.2 Å². The van der Waals surface area contributed by atoms with Crippen LogP contribution in [0.1, 0.15) is 0 Å². The summed E-state index contributed by atoms with van der Waals surface area (Å²) < 4.78 is 1.27. The van der Waals surface area contributed by atoms with Crippen molar-refractivity contribution in [2.45, 2.75) is 13.1 Å². The summed E-state index contributed by atoms with van der Waals surface area (Å²) in [4.78, 5) is 59.6. The number of aromatic nitrogens is 2. The number of carboxylic acid groups (broad SMARTS) is 1. The van der Waals surface area contributed by atoms with Gasteiger partial charge in [-0.15, -0.1) is 0 Å². The molecule has 2 N–H and O–H groups in total. The van der Waals surface area contributed by atoms with Crippen LogP contribution < -0.4 is 22.2 Å². The fourth-order valence-electron chi connectivity index (χ4n) is 2.68. The average Bonchev–Trinajstić information content (AvgIpc) is 2.86. The van der Waals surface area contributed by atoms with Crippen LogP contribution in [0.3, 0.4) is 0 Å². The Labute approximate surface area is 131 Å². The van der Waals surface area contributed by atoms with Crippen LogP contribution in [0.15, 0.2) is 43.6 Å². The number of benzene rings is 1. The summed E-state index contributed by atoms with van der Waals surface area (Å²) in [6.07, 6.45) is 0. The largest absolute Gasteiger partial charge is 0.511 e. The van der Waals surface area contributed by atoms with Crippen molar-refractivity contribution in [2.24, 2.45) is 0 Å². The minimum absolute atomic E-state index is 0.0849. The number of hydrogen-bond donors (Lipinski definition) is 2. The van der Waals surface area contributed by atoms with Gasteiger partial charge in [0.05, 0.1) is 28.1 Å². The van der Waals surface area contributed by atoms with Crippen molar-refractivity contribution in [3.05, 3.63) is 65.9 Å². The van der Waals surface area contributed by atoms with Gasteiger partial charge in [-0.25, -0.2) is 0 Å². The number of aliphatic hydroxyl groups excluding tert-OH is 1. The zero-order chi connectivity index (χ0) is 17.8. The van der Waals surface area contributed by atoms with Crippen molar-refractivity contribution in [1.82, 2.24) is 9.13 Å². The van der Waals surface area contributed by atoms with Crippen LogP contribution in [0.25, 0.3) is 21.5 Å². The van der Waals surface area contributed by atoms with Crippen molar-refractivity contribution >= 4 is 27.5 Å². The Balaban J connectivity index is 2.43. The van der Waals surface area contributed by atoms with E-state index in [0.29, 0.717) is 4.57 Å². The van der Waals surface area contributed by atoms with Crippen LogP contribution in [0.2, 0.25) is 0 Å². The number of rotatable bonds is 4. The molecule has 0 radical (unpaired) electrons. The highest BCUT2D eigenvalue weighted by Gasteiger charge is 2.20. The lowest BCUT2D eigenvalue weighted by atomic mass is 10.1. The molecule has 0 amide bonds. The molecule has 0 fully saturated rings. The minimum atomic E-state index is -1.36. The maximum Gasteiger partial charge on any atom is 0.323 e. The van der Waals surface area contributed by atoms with Crippen LogP contribution in [0.5, 0.6) is 0 Å². The summed E-state index contributed by atoms with van der Waals surface area (Å²) in [6, 6.07) is 2.21. The van der Waals surface area contributed by atoms with Crippen molar-refractivity contribution < 1.29 is 15.0 Å². The molecule has 3 rings (SSSR count). The molecule has 1 aromatic carbocycles. The van der Waals surface area contributed by atoms with Gasteiger partial charge in [-0.05, 0) is 12.1 Å². The van der Waals surface area contributed by atoms with E-state index in [1.54, 1.807) is 0 Å². The molecule has 0 spiro atoms. The number of nitrogens with zero attached hydrogens (tertiary/aromatic N) is 2. The predicted molar refractivity (Wildman–Crippen MR) is 84.3 cm³/mol. The summed E-state index contributed by atoms with van der Waals surface area (Å²) >= 11 is 0. The van der Waals surface area contributed by atoms with Gasteiger partial charge < -0.3 is 10.2 Å². The smallest absolute Gasteiger partial charge is 0.323 e. The van der Waals surface area contributed by atoms with E-state index in [-0.39, 0.29) is 21.5 Å². The molecule has 0 aliphatic heterocycles. The molecular formula is C15H10N2O7. The predicted octanol–water partition coefficient (Wildman–Crippen LogP) is -0.931. The Morgan fingerprint density at radius 1 is 0.792 bits per heavy atom. The van der Waals surface area contributed by atoms with Crippen LogP contribution in [0.4, 0.5) is 0 Å². The third-order valence-electron chi connectivity index (χ3n) is 3.69. The van der Waals surface area contributed by atoms with Crippen LogP contribution in [-0.2, 0) is 17.9 Å². The molecule has 24 heavy (non-hydrogen) atoms. The number of aliphatic hydroxyl groups is 1. The lowest BCUT2D eigenvalue weighted by Crippen LogP contribution is -2.29. The second kappa shape index (κ2) is 5.01. The average molecular weight is 330 g/mol. The molecule has 122 valence electrons. The molecule has 3 aromatic rings. The molecular weight excluding hydrogens is 320 g/mol. The quantitative estimate of drug-likeness (QED) is 0.590. The zero-order valence-electron chi connectivity index (χ0n) is 12.1. The third kappa shape index (κ3) is 2.06. The zero-order valence-corrected chi connectivity index (χ0v) is 12.1. The molecule has 9 nitrogen and oxygen atoms in total. The molecule has 2 aromatic heterocycles. The van der Waals surface area contributed by atoms with Gasteiger partial charge in [0.1, 0.15) is 12.3 Å². The van der Waals surface area contributed by atoms with E-state index in [0.717, 1.165) is 16.7 Å². The van der Waals surface area contributed by atoms with E-state index >= 15 is 0 Å². The van der Waals surface area contributed by atoms with Crippen molar-refractivity contribution in [2.75, 3.05) is 0 Å². The summed E-state index contributed by atoms with van der Waals surface area (Å²) in [5.74, 6) is -1.76. The lowest BCUT2D eigenvalue weighted by Gasteiger charge is -1.96. The summed E-state index contributed by atoms with van der Waals surface area (Å²) in [6.45, 7) is 2.00. The maximum atomic E-state index is 12.2. The van der Waals surface area contributed by atoms with E-state index in [1.807, 2.05) is 0 Å². The van der Waals surface area contributed by atoms with E-state index in [1.165, 1.54) is 0 Å². The maximum absolute atomic E-state index is 12.2. The fourth-order valence-corrected chi connectivity index (χ4v) is 2.68. The van der Waals surface area contributed by atoms with Gasteiger partial charge in [0, 0.05) is 0 Å². The van der Waals surface area contributed by atoms with Crippen LogP contribution >= 0.6 is 0 Å². The third-order valence-corrected chi connectivity index (χ3v) is 3.69. The first-order valence-electron chi connectivity index (χ1n) is 6.71. The number of aliphatic carboxylic acids is 1. The minimum Gasteiger partial charge on any atom is -0.511 e. The molecule has 0 saturated heterocycles. The molecule has 0 bridgehead atoms. The molecule has 0 atom stereocenters. The van der Waals surface area contributed by atoms with Gasteiger partial charge in [0.2, 0.25) is 0 Å². The topological polar surface area (TPSA) is 136 Å². The first-order valence-corrected chi connectivity index (χ1v) is 6.71. The molecule has 0 saturated carbocycles. The Hall–Kier alpha value is -3.49. The van der Waals surface area contributed by atoms with Gasteiger partial charge in [-0.2, -0.15) is 0 Å². The van der Waals surface area contributed by atoms with Crippen molar-refractivity contribution in [1.29, 1.82) is 0 Å². The number of carboxylic acids is 1. The first kappa shape index (κ1) is 15.4. The van der Waals surface area contributed by atoms with Gasteiger partial charge >= 0.3 is 5.97 Å². The standard InChI is InChI=1S/C15H10N2O7/c1-6(18)4-16-12(21)7-2-9-10(3-8(7)13(16)22)15(24)17(14(9)23)5-11(19)20/h2-3,18H,1,4-5H2,(H,19,20). The lowest BCUT2D eigenvalue weighted by molar-refractivity contribution is -0.137. The number of allylic oxidation sites excluding steroid dienone is 1. The Morgan fingerprint density at radius 2 is 1.12 bits per heavy atom. The highest BCUT2D eigenvalue weighted by molar-refractivity contribution is 5.98. The number of hydrogen-bond acceptors (Lipinski definition) is 6. The van der Waals surface area contributed by atoms with Crippen LogP contribution in [-0.4, -0.2) is 25.3 Å². The second-order valence-electron chi connectivity index (χ2n) is 5.30. The Bertz CT molecular complexity index is 1060. The molecule has 0 aliphatic carbocycles. The van der Waals surface area contributed by atoms with E-state index in [2.05, 4.69) is 6.58 Å². The summed E-state index contributed by atoms with van der Waals surface area (Å²) in [5.41, 5.74) is -3.15.